The van der Waals surface area contributed by atoms with E-state index in [1.807, 2.05) is 4.90 Å². The number of hydrogen-bond donors (Lipinski definition) is 1. The maximum absolute atomic E-state index is 11.7. The summed E-state index contributed by atoms with van der Waals surface area (Å²) in [5, 5.41) is 2.54. The molecule has 0 spiro atoms. The second-order valence-electron chi connectivity index (χ2n) is 4.75. The molecule has 2 aliphatic rings. The molecule has 1 aromatic rings. The number of hydrogen-bond acceptors (Lipinski definition) is 4. The number of amides is 2. The van der Waals surface area contributed by atoms with E-state index in [4.69, 9.17) is 0 Å². The SMILES string of the molecule is CN1CCN(c2ccc3c(c2)NC(=O)C3=O)CC1=O. The molecular weight excluding hydrogens is 246 g/mol. The van der Waals surface area contributed by atoms with Gasteiger partial charge in [-0.3, -0.25) is 14.4 Å². The zero-order chi connectivity index (χ0) is 13.6. The summed E-state index contributed by atoms with van der Waals surface area (Å²) in [5.41, 5.74) is 1.77. The predicted octanol–water partition coefficient (Wildman–Crippen LogP) is 0.0998. The van der Waals surface area contributed by atoms with Crippen molar-refractivity contribution in [3.05, 3.63) is 23.8 Å². The fraction of sp³-hybridized carbons (Fsp3) is 0.308. The average Bonchev–Trinajstić information content (AvgIpc) is 2.68. The highest BCUT2D eigenvalue weighted by atomic mass is 16.2. The number of fused-ring (bicyclic) bond motifs is 1. The van der Waals surface area contributed by atoms with Gasteiger partial charge in [0.05, 0.1) is 17.8 Å². The van der Waals surface area contributed by atoms with Gasteiger partial charge < -0.3 is 15.1 Å². The normalized spacial score (nSPS) is 18.7. The molecule has 0 aromatic heterocycles. The van der Waals surface area contributed by atoms with Gasteiger partial charge in [-0.2, -0.15) is 0 Å². The second kappa shape index (κ2) is 4.08. The zero-order valence-corrected chi connectivity index (χ0v) is 10.5. The third kappa shape index (κ3) is 1.85. The summed E-state index contributed by atoms with van der Waals surface area (Å²) < 4.78 is 0. The van der Waals surface area contributed by atoms with Gasteiger partial charge in [0.2, 0.25) is 5.91 Å². The van der Waals surface area contributed by atoms with Crippen LogP contribution < -0.4 is 10.2 Å². The van der Waals surface area contributed by atoms with Crippen LogP contribution in [0.3, 0.4) is 0 Å². The lowest BCUT2D eigenvalue weighted by Crippen LogP contribution is -2.48. The number of ketones is 1. The number of likely N-dealkylation sites (N-methyl/N-ethyl adjacent to an activating group) is 1. The first-order valence-corrected chi connectivity index (χ1v) is 6.05. The lowest BCUT2D eigenvalue weighted by atomic mass is 10.1. The minimum atomic E-state index is -0.596. The summed E-state index contributed by atoms with van der Waals surface area (Å²) in [5.74, 6) is -1.04. The van der Waals surface area contributed by atoms with Gasteiger partial charge in [-0.25, -0.2) is 0 Å². The molecule has 0 radical (unpaired) electrons. The topological polar surface area (TPSA) is 69.7 Å². The Morgan fingerprint density at radius 1 is 1.16 bits per heavy atom. The largest absolute Gasteiger partial charge is 0.360 e. The molecule has 0 atom stereocenters. The van der Waals surface area contributed by atoms with E-state index in [1.54, 1.807) is 30.1 Å². The Morgan fingerprint density at radius 3 is 2.68 bits per heavy atom. The van der Waals surface area contributed by atoms with Crippen LogP contribution in [0.1, 0.15) is 10.4 Å². The van der Waals surface area contributed by atoms with Crippen molar-refractivity contribution in [1.82, 2.24) is 4.90 Å². The van der Waals surface area contributed by atoms with E-state index in [1.165, 1.54) is 0 Å². The van der Waals surface area contributed by atoms with Gasteiger partial charge in [0.15, 0.2) is 0 Å². The van der Waals surface area contributed by atoms with Gasteiger partial charge in [0.25, 0.3) is 11.7 Å². The molecule has 1 fully saturated rings. The number of anilines is 2. The first kappa shape index (κ1) is 11.7. The first-order chi connectivity index (χ1) is 9.06. The molecule has 19 heavy (non-hydrogen) atoms. The lowest BCUT2D eigenvalue weighted by molar-refractivity contribution is -0.129. The van der Waals surface area contributed by atoms with E-state index >= 15 is 0 Å². The number of piperazine rings is 1. The van der Waals surface area contributed by atoms with Crippen molar-refractivity contribution in [2.45, 2.75) is 0 Å². The molecule has 6 heteroatoms. The maximum atomic E-state index is 11.7. The Kier molecular flexibility index (Phi) is 2.51. The molecule has 2 aliphatic heterocycles. The van der Waals surface area contributed by atoms with Crippen LogP contribution in [0, 0.1) is 0 Å². The highest BCUT2D eigenvalue weighted by molar-refractivity contribution is 6.51. The minimum absolute atomic E-state index is 0.0619. The van der Waals surface area contributed by atoms with Crippen LogP contribution in [0.15, 0.2) is 18.2 Å². The quantitative estimate of drug-likeness (QED) is 0.726. The van der Waals surface area contributed by atoms with Crippen molar-refractivity contribution in [3.63, 3.8) is 0 Å². The number of nitrogens with zero attached hydrogens (tertiary/aromatic N) is 2. The smallest absolute Gasteiger partial charge is 0.296 e. The summed E-state index contributed by atoms with van der Waals surface area (Å²) in [7, 11) is 1.78. The molecule has 3 rings (SSSR count). The van der Waals surface area contributed by atoms with Crippen molar-refractivity contribution in [2.24, 2.45) is 0 Å². The summed E-state index contributed by atoms with van der Waals surface area (Å²) >= 11 is 0. The summed E-state index contributed by atoms with van der Waals surface area (Å²) in [4.78, 5) is 38.1. The average molecular weight is 259 g/mol. The predicted molar refractivity (Wildman–Crippen MR) is 69.3 cm³/mol. The van der Waals surface area contributed by atoms with E-state index in [9.17, 15) is 14.4 Å². The summed E-state index contributed by atoms with van der Waals surface area (Å²) in [6.45, 7) is 1.72. The van der Waals surface area contributed by atoms with Gasteiger partial charge in [-0.15, -0.1) is 0 Å². The van der Waals surface area contributed by atoms with E-state index < -0.39 is 11.7 Å². The molecule has 1 saturated heterocycles. The molecular formula is C13H13N3O3. The molecule has 0 aliphatic carbocycles. The minimum Gasteiger partial charge on any atom is -0.360 e. The van der Waals surface area contributed by atoms with Crippen LogP contribution in [0.4, 0.5) is 11.4 Å². The Morgan fingerprint density at radius 2 is 1.95 bits per heavy atom. The highest BCUT2D eigenvalue weighted by Gasteiger charge is 2.29. The van der Waals surface area contributed by atoms with Gasteiger partial charge >= 0.3 is 0 Å². The molecule has 2 amide bonds. The van der Waals surface area contributed by atoms with E-state index in [-0.39, 0.29) is 5.91 Å². The Bertz CT molecular complexity index is 597. The van der Waals surface area contributed by atoms with Crippen LogP contribution in [0.2, 0.25) is 0 Å². The molecule has 0 bridgehead atoms. The van der Waals surface area contributed by atoms with Crippen LogP contribution in [0.5, 0.6) is 0 Å². The number of rotatable bonds is 1. The van der Waals surface area contributed by atoms with Crippen molar-refractivity contribution >= 4 is 29.0 Å². The fourth-order valence-electron chi connectivity index (χ4n) is 2.31. The molecule has 98 valence electrons. The first-order valence-electron chi connectivity index (χ1n) is 6.05. The van der Waals surface area contributed by atoms with Crippen molar-refractivity contribution < 1.29 is 14.4 Å². The maximum Gasteiger partial charge on any atom is 0.296 e. The highest BCUT2D eigenvalue weighted by Crippen LogP contribution is 2.28. The van der Waals surface area contributed by atoms with Gasteiger partial charge in [-0.1, -0.05) is 0 Å². The monoisotopic (exact) mass is 259 g/mol. The van der Waals surface area contributed by atoms with Gasteiger partial charge in [0.1, 0.15) is 0 Å². The fourth-order valence-corrected chi connectivity index (χ4v) is 2.31. The number of carbonyl (C=O) groups excluding carboxylic acids is 3. The number of nitrogens with one attached hydrogen (secondary N) is 1. The van der Waals surface area contributed by atoms with Crippen molar-refractivity contribution in [1.29, 1.82) is 0 Å². The molecule has 2 heterocycles. The lowest BCUT2D eigenvalue weighted by Gasteiger charge is -2.33. The second-order valence-corrected chi connectivity index (χ2v) is 4.75. The Labute approximate surface area is 110 Å². The van der Waals surface area contributed by atoms with Crippen LogP contribution in [-0.2, 0) is 9.59 Å². The molecule has 1 N–H and O–H groups in total. The summed E-state index contributed by atoms with van der Waals surface area (Å²) in [6.07, 6.45) is 0. The van der Waals surface area contributed by atoms with Crippen LogP contribution in [-0.4, -0.2) is 49.2 Å². The number of Topliss-reactive ketones (excluding diaryl/α,β-unsaturated/α-hetero) is 1. The van der Waals surface area contributed by atoms with Crippen molar-refractivity contribution in [3.8, 4) is 0 Å². The van der Waals surface area contributed by atoms with Crippen molar-refractivity contribution in [2.75, 3.05) is 36.9 Å². The Balaban J connectivity index is 1.88. The molecule has 1 aromatic carbocycles. The molecule has 0 unspecified atom stereocenters. The van der Waals surface area contributed by atoms with E-state index in [0.717, 1.165) is 12.2 Å². The van der Waals surface area contributed by atoms with Crippen LogP contribution in [0.25, 0.3) is 0 Å². The molecule has 0 saturated carbocycles. The number of carbonyl (C=O) groups is 3. The third-order valence-corrected chi connectivity index (χ3v) is 3.52. The standard InChI is InChI=1S/C13H13N3O3/c1-15-4-5-16(7-11(15)17)8-2-3-9-10(6-8)14-13(19)12(9)18/h2-3,6H,4-5,7H2,1H3,(H,14,18,19). The zero-order valence-electron chi connectivity index (χ0n) is 10.5. The summed E-state index contributed by atoms with van der Waals surface area (Å²) in [6, 6.07) is 5.15. The van der Waals surface area contributed by atoms with Crippen LogP contribution >= 0.6 is 0 Å². The van der Waals surface area contributed by atoms with Gasteiger partial charge in [-0.05, 0) is 18.2 Å². The number of benzene rings is 1. The van der Waals surface area contributed by atoms with E-state index in [0.29, 0.717) is 24.3 Å². The molecule has 6 nitrogen and oxygen atoms in total. The van der Waals surface area contributed by atoms with E-state index in [2.05, 4.69) is 5.32 Å². The van der Waals surface area contributed by atoms with Gasteiger partial charge in [0, 0.05) is 25.8 Å². The Hall–Kier alpha value is -2.37. The third-order valence-electron chi connectivity index (χ3n) is 3.52.